The molecule has 0 atom stereocenters. The molecule has 34 heavy (non-hydrogen) atoms. The first-order chi connectivity index (χ1) is 15.7. The van der Waals surface area contributed by atoms with Gasteiger partial charge in [0.2, 0.25) is 0 Å². The number of alkyl halides is 3. The summed E-state index contributed by atoms with van der Waals surface area (Å²) < 4.78 is 55.2. The number of hydrogen-bond acceptors (Lipinski definition) is 7. The molecule has 0 bridgehead atoms. The standard InChI is InChI=1S/C18H19N5O3S.C2HF3O2/c1-4-20-18(24)16-11(2)22-17(23-16)15-8-12(5-6-21-15)13-7-14(10-19-9-13)27(3,25)26;3-2(4,5)1(6)7/h5-10H,4H2,1-3H3,(H,20,24)(H,22,23);(H,6,7). The lowest BCUT2D eigenvalue weighted by atomic mass is 10.1. The van der Waals surface area contributed by atoms with Crippen LogP contribution in [0.2, 0.25) is 0 Å². The average Bonchev–Trinajstić information content (AvgIpc) is 3.15. The number of carboxylic acids is 1. The van der Waals surface area contributed by atoms with Gasteiger partial charge < -0.3 is 15.4 Å². The summed E-state index contributed by atoms with van der Waals surface area (Å²) in [4.78, 5) is 36.8. The number of carbonyl (C=O) groups is 2. The molecule has 0 fully saturated rings. The van der Waals surface area contributed by atoms with Crippen LogP contribution in [0.25, 0.3) is 22.6 Å². The van der Waals surface area contributed by atoms with Crippen LogP contribution in [-0.2, 0) is 14.6 Å². The third kappa shape index (κ3) is 6.84. The SMILES string of the molecule is CCNC(=O)c1nc(-c2cc(-c3cncc(S(C)(=O)=O)c3)ccn2)[nH]c1C.O=C(O)C(F)(F)F. The molecule has 0 saturated heterocycles. The first-order valence-corrected chi connectivity index (χ1v) is 11.4. The second kappa shape index (κ2) is 10.4. The maximum absolute atomic E-state index is 12.1. The molecule has 10 nitrogen and oxygen atoms in total. The lowest BCUT2D eigenvalue weighted by Crippen LogP contribution is -2.23. The Balaban J connectivity index is 0.000000509. The normalized spacial score (nSPS) is 11.4. The van der Waals surface area contributed by atoms with Crippen molar-refractivity contribution in [1.29, 1.82) is 0 Å². The van der Waals surface area contributed by atoms with Gasteiger partial charge in [0.25, 0.3) is 5.91 Å². The van der Waals surface area contributed by atoms with Gasteiger partial charge in [0, 0.05) is 42.6 Å². The van der Waals surface area contributed by atoms with Crippen LogP contribution in [-0.4, -0.2) is 64.3 Å². The van der Waals surface area contributed by atoms with Crippen LogP contribution >= 0.6 is 0 Å². The van der Waals surface area contributed by atoms with Crippen molar-refractivity contribution < 1.29 is 36.3 Å². The minimum absolute atomic E-state index is 0.144. The molecule has 0 spiro atoms. The highest BCUT2D eigenvalue weighted by molar-refractivity contribution is 7.90. The third-order valence-corrected chi connectivity index (χ3v) is 5.24. The van der Waals surface area contributed by atoms with E-state index in [-0.39, 0.29) is 10.8 Å². The molecule has 0 aromatic carbocycles. The molecule has 0 aliphatic heterocycles. The smallest absolute Gasteiger partial charge is 0.475 e. The number of H-pyrrole nitrogens is 1. The monoisotopic (exact) mass is 499 g/mol. The number of aromatic amines is 1. The molecule has 182 valence electrons. The van der Waals surface area contributed by atoms with Gasteiger partial charge in [0.05, 0.1) is 4.90 Å². The molecule has 0 aliphatic carbocycles. The highest BCUT2D eigenvalue weighted by atomic mass is 32.2. The van der Waals surface area contributed by atoms with Gasteiger partial charge in [-0.3, -0.25) is 14.8 Å². The van der Waals surface area contributed by atoms with Crippen LogP contribution in [0, 0.1) is 6.92 Å². The maximum atomic E-state index is 12.1. The molecule has 0 aliphatic rings. The van der Waals surface area contributed by atoms with E-state index in [2.05, 4.69) is 25.3 Å². The first kappa shape index (κ1) is 26.4. The molecular weight excluding hydrogens is 479 g/mol. The van der Waals surface area contributed by atoms with E-state index in [0.717, 1.165) is 11.8 Å². The Kier molecular flexibility index (Phi) is 8.10. The van der Waals surface area contributed by atoms with Crippen molar-refractivity contribution in [2.45, 2.75) is 24.9 Å². The van der Waals surface area contributed by atoms with E-state index >= 15 is 0 Å². The molecule has 3 rings (SSSR count). The molecule has 14 heteroatoms. The van der Waals surface area contributed by atoms with E-state index in [1.807, 2.05) is 6.92 Å². The van der Waals surface area contributed by atoms with Crippen LogP contribution in [0.1, 0.15) is 23.1 Å². The number of amides is 1. The molecule has 0 saturated carbocycles. The number of sulfone groups is 1. The summed E-state index contributed by atoms with van der Waals surface area (Å²) in [5.74, 6) is -2.55. The number of imidazole rings is 1. The first-order valence-electron chi connectivity index (χ1n) is 9.50. The molecular formula is C20H20F3N5O5S. The number of aryl methyl sites for hydroxylation is 1. The number of rotatable bonds is 5. The predicted molar refractivity (Wildman–Crippen MR) is 115 cm³/mol. The molecule has 3 N–H and O–H groups in total. The lowest BCUT2D eigenvalue weighted by molar-refractivity contribution is -0.192. The maximum Gasteiger partial charge on any atom is 0.490 e. The number of hydrogen-bond donors (Lipinski definition) is 3. The number of carbonyl (C=O) groups excluding carboxylic acids is 1. The van der Waals surface area contributed by atoms with Crippen molar-refractivity contribution in [3.63, 3.8) is 0 Å². The number of pyridine rings is 2. The number of halogens is 3. The zero-order valence-corrected chi connectivity index (χ0v) is 19.0. The molecule has 3 aromatic rings. The van der Waals surface area contributed by atoms with E-state index in [0.29, 0.717) is 35.0 Å². The topological polar surface area (TPSA) is 155 Å². The van der Waals surface area contributed by atoms with Crippen LogP contribution in [0.4, 0.5) is 13.2 Å². The Morgan fingerprint density at radius 2 is 1.82 bits per heavy atom. The number of aromatic nitrogens is 4. The van der Waals surface area contributed by atoms with Crippen LogP contribution in [0.15, 0.2) is 41.7 Å². The summed E-state index contributed by atoms with van der Waals surface area (Å²) >= 11 is 0. The Bertz CT molecular complexity index is 1310. The Morgan fingerprint density at radius 3 is 2.38 bits per heavy atom. The quantitative estimate of drug-likeness (QED) is 0.484. The van der Waals surface area contributed by atoms with E-state index in [9.17, 15) is 26.4 Å². The Labute approximate surface area is 192 Å². The van der Waals surface area contributed by atoms with Crippen molar-refractivity contribution in [1.82, 2.24) is 25.3 Å². The van der Waals surface area contributed by atoms with Crippen molar-refractivity contribution in [3.8, 4) is 22.6 Å². The van der Waals surface area contributed by atoms with Gasteiger partial charge >= 0.3 is 12.1 Å². The average molecular weight is 499 g/mol. The summed E-state index contributed by atoms with van der Waals surface area (Å²) in [6, 6.07) is 5.09. The van der Waals surface area contributed by atoms with Crippen LogP contribution in [0.5, 0.6) is 0 Å². The highest BCUT2D eigenvalue weighted by Gasteiger charge is 2.38. The number of carboxylic acid groups (broad SMARTS) is 1. The third-order valence-electron chi connectivity index (χ3n) is 4.16. The Morgan fingerprint density at radius 1 is 1.18 bits per heavy atom. The summed E-state index contributed by atoms with van der Waals surface area (Å²) in [5, 5.41) is 9.84. The summed E-state index contributed by atoms with van der Waals surface area (Å²) in [5.41, 5.74) is 2.89. The van der Waals surface area contributed by atoms with Gasteiger partial charge in [0.1, 0.15) is 11.4 Å². The van der Waals surface area contributed by atoms with Crippen LogP contribution < -0.4 is 5.32 Å². The van der Waals surface area contributed by atoms with Gasteiger partial charge in [-0.15, -0.1) is 0 Å². The molecule has 1 amide bonds. The zero-order valence-electron chi connectivity index (χ0n) is 18.1. The van der Waals surface area contributed by atoms with Crippen molar-refractivity contribution in [2.24, 2.45) is 0 Å². The van der Waals surface area contributed by atoms with Crippen molar-refractivity contribution in [3.05, 3.63) is 48.2 Å². The van der Waals surface area contributed by atoms with Gasteiger partial charge in [-0.05, 0) is 37.6 Å². The molecule has 0 radical (unpaired) electrons. The van der Waals surface area contributed by atoms with Gasteiger partial charge in [-0.25, -0.2) is 18.2 Å². The van der Waals surface area contributed by atoms with Crippen LogP contribution in [0.3, 0.4) is 0 Å². The second-order valence-corrected chi connectivity index (χ2v) is 8.85. The van der Waals surface area contributed by atoms with E-state index in [1.165, 1.54) is 6.20 Å². The van der Waals surface area contributed by atoms with Gasteiger partial charge in [-0.1, -0.05) is 0 Å². The largest absolute Gasteiger partial charge is 0.490 e. The fourth-order valence-corrected chi connectivity index (χ4v) is 3.16. The molecule has 3 aromatic heterocycles. The Hall–Kier alpha value is -3.81. The number of nitrogens with one attached hydrogen (secondary N) is 2. The minimum Gasteiger partial charge on any atom is -0.475 e. The number of aliphatic carboxylic acids is 1. The minimum atomic E-state index is -5.08. The van der Waals surface area contributed by atoms with Gasteiger partial charge in [0.15, 0.2) is 15.7 Å². The fraction of sp³-hybridized carbons (Fsp3) is 0.250. The fourth-order valence-electron chi connectivity index (χ4n) is 2.57. The highest BCUT2D eigenvalue weighted by Crippen LogP contribution is 2.25. The summed E-state index contributed by atoms with van der Waals surface area (Å²) in [6.45, 7) is 4.12. The molecule has 3 heterocycles. The zero-order chi connectivity index (χ0) is 25.7. The van der Waals surface area contributed by atoms with E-state index < -0.39 is 22.0 Å². The van der Waals surface area contributed by atoms with Crippen molar-refractivity contribution in [2.75, 3.05) is 12.8 Å². The number of nitrogens with zero attached hydrogens (tertiary/aromatic N) is 3. The van der Waals surface area contributed by atoms with E-state index in [4.69, 9.17) is 9.90 Å². The lowest BCUT2D eigenvalue weighted by Gasteiger charge is -2.05. The van der Waals surface area contributed by atoms with Gasteiger partial charge in [-0.2, -0.15) is 13.2 Å². The van der Waals surface area contributed by atoms with E-state index in [1.54, 1.807) is 37.5 Å². The van der Waals surface area contributed by atoms with Crippen molar-refractivity contribution >= 4 is 21.7 Å². The molecule has 0 unspecified atom stereocenters. The summed E-state index contributed by atoms with van der Waals surface area (Å²) in [7, 11) is -3.35. The summed E-state index contributed by atoms with van der Waals surface area (Å²) in [6.07, 6.45) is 0.554. The second-order valence-electron chi connectivity index (χ2n) is 6.83. The predicted octanol–water partition coefficient (Wildman–Crippen LogP) is 2.63.